The topological polar surface area (TPSA) is 49.0 Å². The van der Waals surface area contributed by atoms with E-state index < -0.39 is 0 Å². The average Bonchev–Trinajstić information content (AvgIpc) is 3.00. The van der Waals surface area contributed by atoms with Crippen LogP contribution in [0.4, 0.5) is 0 Å². The first-order chi connectivity index (χ1) is 10.7. The van der Waals surface area contributed by atoms with Crippen LogP contribution in [0.25, 0.3) is 10.9 Å². The van der Waals surface area contributed by atoms with Gasteiger partial charge in [0.25, 0.3) is 5.56 Å². The third-order valence-electron chi connectivity index (χ3n) is 4.42. The molecule has 22 heavy (non-hydrogen) atoms. The molecule has 0 bridgehead atoms. The molecule has 1 aliphatic rings. The zero-order chi connectivity index (χ0) is 15.1. The number of H-pyrrole nitrogens is 1. The van der Waals surface area contributed by atoms with Crippen LogP contribution in [-0.2, 0) is 13.0 Å². The molecule has 1 aliphatic heterocycles. The minimum absolute atomic E-state index is 0.0542. The SMILES string of the molecule is C[C@H]1c2ccsc2CCN1Cc1nc2ccccc2c(=O)[nH]1. The van der Waals surface area contributed by atoms with Crippen LogP contribution in [-0.4, -0.2) is 21.4 Å². The van der Waals surface area contributed by atoms with Crippen molar-refractivity contribution in [2.45, 2.75) is 25.9 Å². The quantitative estimate of drug-likeness (QED) is 0.791. The summed E-state index contributed by atoms with van der Waals surface area (Å²) in [6.07, 6.45) is 1.08. The second kappa shape index (κ2) is 5.34. The zero-order valence-electron chi connectivity index (χ0n) is 12.4. The number of benzene rings is 1. The molecule has 112 valence electrons. The van der Waals surface area contributed by atoms with Gasteiger partial charge in [-0.05, 0) is 42.5 Å². The van der Waals surface area contributed by atoms with Gasteiger partial charge in [0, 0.05) is 17.5 Å². The van der Waals surface area contributed by atoms with Crippen molar-refractivity contribution in [1.29, 1.82) is 0 Å². The molecule has 3 aromatic rings. The van der Waals surface area contributed by atoms with Gasteiger partial charge in [0.15, 0.2) is 0 Å². The summed E-state index contributed by atoms with van der Waals surface area (Å²) in [7, 11) is 0. The van der Waals surface area contributed by atoms with Crippen LogP contribution in [0.2, 0.25) is 0 Å². The van der Waals surface area contributed by atoms with Crippen molar-refractivity contribution in [3.8, 4) is 0 Å². The molecule has 5 heteroatoms. The van der Waals surface area contributed by atoms with E-state index in [0.29, 0.717) is 18.0 Å². The van der Waals surface area contributed by atoms with Crippen molar-refractivity contribution < 1.29 is 0 Å². The maximum Gasteiger partial charge on any atom is 0.258 e. The Labute approximate surface area is 132 Å². The summed E-state index contributed by atoms with van der Waals surface area (Å²) >= 11 is 1.84. The Hall–Kier alpha value is -1.98. The summed E-state index contributed by atoms with van der Waals surface area (Å²) in [5.74, 6) is 0.745. The molecule has 0 saturated carbocycles. The standard InChI is InChI=1S/C17H17N3OS/c1-11-12-7-9-22-15(12)6-8-20(11)10-16-18-14-5-3-2-4-13(14)17(21)19-16/h2-5,7,9,11H,6,8,10H2,1H3,(H,18,19,21)/t11-/m0/s1. The van der Waals surface area contributed by atoms with E-state index in [1.54, 1.807) is 0 Å². The lowest BCUT2D eigenvalue weighted by molar-refractivity contribution is 0.186. The van der Waals surface area contributed by atoms with Gasteiger partial charge in [0.2, 0.25) is 0 Å². The third-order valence-corrected chi connectivity index (χ3v) is 5.42. The van der Waals surface area contributed by atoms with Crippen LogP contribution in [0, 0.1) is 0 Å². The smallest absolute Gasteiger partial charge is 0.258 e. The Morgan fingerprint density at radius 1 is 1.36 bits per heavy atom. The number of nitrogens with zero attached hydrogens (tertiary/aromatic N) is 2. The van der Waals surface area contributed by atoms with Crippen LogP contribution in [0.15, 0.2) is 40.5 Å². The van der Waals surface area contributed by atoms with Crippen molar-refractivity contribution in [2.24, 2.45) is 0 Å². The van der Waals surface area contributed by atoms with Crippen molar-refractivity contribution >= 4 is 22.2 Å². The first kappa shape index (κ1) is 13.7. The first-order valence-electron chi connectivity index (χ1n) is 7.50. The summed E-state index contributed by atoms with van der Waals surface area (Å²) < 4.78 is 0. The molecule has 0 fully saturated rings. The number of aromatic amines is 1. The Morgan fingerprint density at radius 3 is 3.14 bits per heavy atom. The van der Waals surface area contributed by atoms with E-state index in [9.17, 15) is 4.79 Å². The molecule has 4 nitrogen and oxygen atoms in total. The van der Waals surface area contributed by atoms with Gasteiger partial charge in [-0.3, -0.25) is 9.69 Å². The summed E-state index contributed by atoms with van der Waals surface area (Å²) in [6.45, 7) is 3.91. The maximum absolute atomic E-state index is 12.2. The predicted molar refractivity (Wildman–Crippen MR) is 89.2 cm³/mol. The van der Waals surface area contributed by atoms with Crippen LogP contribution >= 0.6 is 11.3 Å². The predicted octanol–water partition coefficient (Wildman–Crippen LogP) is 3.10. The highest BCUT2D eigenvalue weighted by Gasteiger charge is 2.25. The van der Waals surface area contributed by atoms with E-state index in [2.05, 4.69) is 33.2 Å². The van der Waals surface area contributed by atoms with Gasteiger partial charge in [0.05, 0.1) is 17.4 Å². The molecule has 0 aliphatic carbocycles. The summed E-state index contributed by atoms with van der Waals surface area (Å²) in [5.41, 5.74) is 2.13. The molecule has 1 aromatic carbocycles. The molecular formula is C17H17N3OS. The number of nitrogens with one attached hydrogen (secondary N) is 1. The van der Waals surface area contributed by atoms with Crippen molar-refractivity contribution in [1.82, 2.24) is 14.9 Å². The molecule has 1 N–H and O–H groups in total. The fourth-order valence-corrected chi connectivity index (χ4v) is 4.14. The van der Waals surface area contributed by atoms with Gasteiger partial charge in [0.1, 0.15) is 5.82 Å². The normalized spacial score (nSPS) is 18.5. The summed E-state index contributed by atoms with van der Waals surface area (Å²) in [5, 5.41) is 2.82. The van der Waals surface area contributed by atoms with Crippen LogP contribution < -0.4 is 5.56 Å². The molecule has 2 aromatic heterocycles. The van der Waals surface area contributed by atoms with Crippen LogP contribution in [0.1, 0.15) is 29.2 Å². The lowest BCUT2D eigenvalue weighted by Crippen LogP contribution is -2.33. The highest BCUT2D eigenvalue weighted by atomic mass is 32.1. The van der Waals surface area contributed by atoms with Crippen molar-refractivity contribution in [3.05, 3.63) is 62.3 Å². The van der Waals surface area contributed by atoms with Gasteiger partial charge in [-0.2, -0.15) is 0 Å². The molecule has 0 radical (unpaired) electrons. The monoisotopic (exact) mass is 311 g/mol. The number of para-hydroxylation sites is 1. The zero-order valence-corrected chi connectivity index (χ0v) is 13.2. The van der Waals surface area contributed by atoms with E-state index in [0.717, 1.165) is 24.3 Å². The molecule has 4 rings (SSSR count). The Balaban J connectivity index is 1.66. The fourth-order valence-electron chi connectivity index (χ4n) is 3.18. The number of aromatic nitrogens is 2. The van der Waals surface area contributed by atoms with Gasteiger partial charge in [-0.25, -0.2) is 4.98 Å². The number of fused-ring (bicyclic) bond motifs is 2. The number of hydrogen-bond acceptors (Lipinski definition) is 4. The second-order valence-electron chi connectivity index (χ2n) is 5.73. The molecule has 0 unspecified atom stereocenters. The number of rotatable bonds is 2. The number of thiophene rings is 1. The Bertz CT molecular complexity index is 883. The van der Waals surface area contributed by atoms with E-state index >= 15 is 0 Å². The van der Waals surface area contributed by atoms with Gasteiger partial charge < -0.3 is 4.98 Å². The Morgan fingerprint density at radius 2 is 2.23 bits per heavy atom. The maximum atomic E-state index is 12.2. The Kier molecular flexibility index (Phi) is 3.32. The highest BCUT2D eigenvalue weighted by Crippen LogP contribution is 2.33. The van der Waals surface area contributed by atoms with Crippen LogP contribution in [0.3, 0.4) is 0 Å². The van der Waals surface area contributed by atoms with Crippen LogP contribution in [0.5, 0.6) is 0 Å². The number of hydrogen-bond donors (Lipinski definition) is 1. The molecule has 3 heterocycles. The second-order valence-corrected chi connectivity index (χ2v) is 6.73. The minimum atomic E-state index is -0.0542. The average molecular weight is 311 g/mol. The van der Waals surface area contributed by atoms with E-state index in [1.807, 2.05) is 35.6 Å². The van der Waals surface area contributed by atoms with E-state index in [-0.39, 0.29) is 5.56 Å². The molecular weight excluding hydrogens is 294 g/mol. The largest absolute Gasteiger partial charge is 0.309 e. The van der Waals surface area contributed by atoms with Gasteiger partial charge >= 0.3 is 0 Å². The third kappa shape index (κ3) is 2.26. The molecule has 0 spiro atoms. The highest BCUT2D eigenvalue weighted by molar-refractivity contribution is 7.10. The van der Waals surface area contributed by atoms with Gasteiger partial charge in [-0.15, -0.1) is 11.3 Å². The fraction of sp³-hybridized carbons (Fsp3) is 0.294. The van der Waals surface area contributed by atoms with E-state index in [1.165, 1.54) is 10.4 Å². The first-order valence-corrected chi connectivity index (χ1v) is 8.38. The van der Waals surface area contributed by atoms with E-state index in [4.69, 9.17) is 0 Å². The molecule has 1 atom stereocenters. The van der Waals surface area contributed by atoms with Crippen molar-refractivity contribution in [2.75, 3.05) is 6.54 Å². The van der Waals surface area contributed by atoms with Gasteiger partial charge in [-0.1, -0.05) is 12.1 Å². The summed E-state index contributed by atoms with van der Waals surface area (Å²) in [4.78, 5) is 23.6. The summed E-state index contributed by atoms with van der Waals surface area (Å²) in [6, 6.07) is 10.1. The lowest BCUT2D eigenvalue weighted by Gasteiger charge is -2.33. The minimum Gasteiger partial charge on any atom is -0.309 e. The van der Waals surface area contributed by atoms with Crippen molar-refractivity contribution in [3.63, 3.8) is 0 Å². The lowest BCUT2D eigenvalue weighted by atomic mass is 10.0. The molecule has 0 saturated heterocycles. The molecule has 0 amide bonds.